The highest BCUT2D eigenvalue weighted by Crippen LogP contribution is 2.31. The van der Waals surface area contributed by atoms with Crippen molar-refractivity contribution >= 4 is 32.6 Å². The summed E-state index contributed by atoms with van der Waals surface area (Å²) in [7, 11) is 0. The zero-order valence-corrected chi connectivity index (χ0v) is 21.2. The van der Waals surface area contributed by atoms with Crippen LogP contribution in [0.15, 0.2) is 66.7 Å². The van der Waals surface area contributed by atoms with Crippen molar-refractivity contribution in [2.24, 2.45) is 0 Å². The van der Waals surface area contributed by atoms with Crippen LogP contribution in [-0.4, -0.2) is 55.2 Å². The number of rotatable bonds is 7. The van der Waals surface area contributed by atoms with Crippen LogP contribution in [0.25, 0.3) is 21.3 Å². The highest BCUT2D eigenvalue weighted by molar-refractivity contribution is 7.22. The van der Waals surface area contributed by atoms with Crippen molar-refractivity contribution in [1.82, 2.24) is 9.88 Å². The van der Waals surface area contributed by atoms with Crippen LogP contribution in [0, 0.1) is 13.8 Å². The number of hydrogen-bond acceptors (Lipinski definition) is 5. The molecule has 0 saturated carbocycles. The Morgan fingerprint density at radius 2 is 1.66 bits per heavy atom. The quantitative estimate of drug-likeness (QED) is 0.347. The lowest BCUT2D eigenvalue weighted by Crippen LogP contribution is -2.43. The first-order valence-corrected chi connectivity index (χ1v) is 13.0. The van der Waals surface area contributed by atoms with Crippen molar-refractivity contribution in [3.63, 3.8) is 0 Å². The van der Waals surface area contributed by atoms with E-state index >= 15 is 0 Å². The standard InChI is InChI=1S/C29H31N3O2S/c1-21-18-26-27(19-22(21)2)35-29(30-26)32(13-12-31-14-16-34-17-15-31)28(33)20-23-8-10-25(11-9-23)24-6-4-3-5-7-24/h3-11,18-19H,12-17,20H2,1-2H3. The molecule has 1 amide bonds. The zero-order valence-electron chi connectivity index (χ0n) is 20.4. The molecule has 1 aliphatic heterocycles. The number of nitrogens with zero attached hydrogens (tertiary/aromatic N) is 3. The highest BCUT2D eigenvalue weighted by Gasteiger charge is 2.22. The molecule has 0 unspecified atom stereocenters. The molecular weight excluding hydrogens is 454 g/mol. The van der Waals surface area contributed by atoms with Crippen molar-refractivity contribution in [2.45, 2.75) is 20.3 Å². The number of hydrogen-bond donors (Lipinski definition) is 0. The van der Waals surface area contributed by atoms with Gasteiger partial charge in [0.25, 0.3) is 0 Å². The summed E-state index contributed by atoms with van der Waals surface area (Å²) in [6.45, 7) is 8.98. The third-order valence-electron chi connectivity index (χ3n) is 6.68. The van der Waals surface area contributed by atoms with Crippen molar-refractivity contribution in [1.29, 1.82) is 0 Å². The predicted octanol–water partition coefficient (Wildman–Crippen LogP) is 5.49. The maximum Gasteiger partial charge on any atom is 0.233 e. The van der Waals surface area contributed by atoms with E-state index in [1.54, 1.807) is 11.3 Å². The van der Waals surface area contributed by atoms with Gasteiger partial charge >= 0.3 is 0 Å². The molecule has 1 fully saturated rings. The van der Waals surface area contributed by atoms with Crippen molar-refractivity contribution in [3.05, 3.63) is 83.4 Å². The molecule has 1 saturated heterocycles. The van der Waals surface area contributed by atoms with Gasteiger partial charge in [-0.1, -0.05) is 65.9 Å². The Balaban J connectivity index is 1.37. The van der Waals surface area contributed by atoms with Gasteiger partial charge < -0.3 is 4.74 Å². The number of thiazole rings is 1. The van der Waals surface area contributed by atoms with Crippen LogP contribution in [0.2, 0.25) is 0 Å². The van der Waals surface area contributed by atoms with E-state index in [2.05, 4.69) is 67.3 Å². The minimum Gasteiger partial charge on any atom is -0.379 e. The van der Waals surface area contributed by atoms with Gasteiger partial charge in [0, 0.05) is 26.2 Å². The number of ether oxygens (including phenoxy) is 1. The SMILES string of the molecule is Cc1cc2nc(N(CCN3CCOCC3)C(=O)Cc3ccc(-c4ccccc4)cc3)sc2cc1C. The second-order valence-corrected chi connectivity index (χ2v) is 10.1. The molecule has 3 aromatic carbocycles. The molecule has 0 atom stereocenters. The van der Waals surface area contributed by atoms with Crippen LogP contribution in [0.5, 0.6) is 0 Å². The van der Waals surface area contributed by atoms with Crippen molar-refractivity contribution in [3.8, 4) is 11.1 Å². The number of benzene rings is 3. The molecule has 2 heterocycles. The largest absolute Gasteiger partial charge is 0.379 e. The van der Waals surface area contributed by atoms with E-state index in [-0.39, 0.29) is 5.91 Å². The summed E-state index contributed by atoms with van der Waals surface area (Å²) in [5.41, 5.74) is 6.78. The normalized spacial score (nSPS) is 14.3. The number of aryl methyl sites for hydroxylation is 2. The monoisotopic (exact) mass is 485 g/mol. The summed E-state index contributed by atoms with van der Waals surface area (Å²) in [4.78, 5) is 22.7. The second-order valence-electron chi connectivity index (χ2n) is 9.14. The minimum absolute atomic E-state index is 0.0817. The third-order valence-corrected chi connectivity index (χ3v) is 7.73. The number of morpholine rings is 1. The summed E-state index contributed by atoms with van der Waals surface area (Å²) >= 11 is 1.60. The van der Waals surface area contributed by atoms with Crippen LogP contribution < -0.4 is 4.90 Å². The van der Waals surface area contributed by atoms with E-state index in [0.717, 1.165) is 59.3 Å². The molecule has 0 N–H and O–H groups in total. The number of fused-ring (bicyclic) bond motifs is 1. The summed E-state index contributed by atoms with van der Waals surface area (Å²) in [6, 6.07) is 22.9. The maximum absolute atomic E-state index is 13.6. The van der Waals surface area contributed by atoms with E-state index in [4.69, 9.17) is 9.72 Å². The molecule has 4 aromatic rings. The number of aromatic nitrogens is 1. The van der Waals surface area contributed by atoms with Crippen molar-refractivity contribution < 1.29 is 9.53 Å². The molecule has 0 aliphatic carbocycles. The Labute approximate surface area is 211 Å². The first-order valence-electron chi connectivity index (χ1n) is 12.2. The number of carbonyl (C=O) groups excluding carboxylic acids is 1. The van der Waals surface area contributed by atoms with Crippen LogP contribution in [0.3, 0.4) is 0 Å². The molecular formula is C29H31N3O2S. The summed E-state index contributed by atoms with van der Waals surface area (Å²) in [6.07, 6.45) is 0.353. The molecule has 6 heteroatoms. The van der Waals surface area contributed by atoms with Gasteiger partial charge in [-0.2, -0.15) is 0 Å². The summed E-state index contributed by atoms with van der Waals surface area (Å²) in [5, 5.41) is 0.782. The fourth-order valence-corrected chi connectivity index (χ4v) is 5.48. The van der Waals surface area contributed by atoms with Gasteiger partial charge in [0.2, 0.25) is 5.91 Å². The number of carbonyl (C=O) groups is 1. The minimum atomic E-state index is 0.0817. The first-order chi connectivity index (χ1) is 17.1. The van der Waals surface area contributed by atoms with Gasteiger partial charge in [-0.15, -0.1) is 0 Å². The Hall–Kier alpha value is -3.06. The van der Waals surface area contributed by atoms with Crippen LogP contribution in [-0.2, 0) is 16.0 Å². The Bertz CT molecular complexity index is 1260. The molecule has 5 rings (SSSR count). The lowest BCUT2D eigenvalue weighted by molar-refractivity contribution is -0.118. The van der Waals surface area contributed by atoms with E-state index in [9.17, 15) is 4.79 Å². The molecule has 180 valence electrons. The van der Waals surface area contributed by atoms with Gasteiger partial charge in [-0.3, -0.25) is 14.6 Å². The molecule has 1 aromatic heterocycles. The first kappa shape index (κ1) is 23.7. The van der Waals surface area contributed by atoms with Gasteiger partial charge in [0.15, 0.2) is 5.13 Å². The van der Waals surface area contributed by atoms with E-state index in [1.807, 2.05) is 23.1 Å². The highest BCUT2D eigenvalue weighted by atomic mass is 32.1. The lowest BCUT2D eigenvalue weighted by Gasteiger charge is -2.29. The number of anilines is 1. The van der Waals surface area contributed by atoms with Gasteiger partial charge in [0.1, 0.15) is 0 Å². The van der Waals surface area contributed by atoms with Crippen LogP contribution in [0.4, 0.5) is 5.13 Å². The Morgan fingerprint density at radius 3 is 2.40 bits per heavy atom. The average Bonchev–Trinajstić information content (AvgIpc) is 3.28. The molecule has 5 nitrogen and oxygen atoms in total. The number of amides is 1. The predicted molar refractivity (Wildman–Crippen MR) is 144 cm³/mol. The summed E-state index contributed by atoms with van der Waals surface area (Å²) in [5.74, 6) is 0.0817. The molecule has 0 bridgehead atoms. The van der Waals surface area contributed by atoms with E-state index in [1.165, 1.54) is 16.7 Å². The Kier molecular flexibility index (Phi) is 7.23. The fourth-order valence-electron chi connectivity index (χ4n) is 4.39. The van der Waals surface area contributed by atoms with Crippen molar-refractivity contribution in [2.75, 3.05) is 44.3 Å². The fraction of sp³-hybridized carbons (Fsp3) is 0.310. The average molecular weight is 486 g/mol. The van der Waals surface area contributed by atoms with Gasteiger partial charge in [-0.25, -0.2) is 4.98 Å². The van der Waals surface area contributed by atoms with Crippen LogP contribution >= 0.6 is 11.3 Å². The summed E-state index contributed by atoms with van der Waals surface area (Å²) < 4.78 is 6.61. The Morgan fingerprint density at radius 1 is 0.971 bits per heavy atom. The smallest absolute Gasteiger partial charge is 0.233 e. The van der Waals surface area contributed by atoms with Crippen LogP contribution in [0.1, 0.15) is 16.7 Å². The molecule has 0 spiro atoms. The van der Waals surface area contributed by atoms with E-state index in [0.29, 0.717) is 13.0 Å². The van der Waals surface area contributed by atoms with Gasteiger partial charge in [-0.05, 0) is 53.8 Å². The maximum atomic E-state index is 13.6. The molecule has 1 aliphatic rings. The topological polar surface area (TPSA) is 45.7 Å². The third kappa shape index (κ3) is 5.61. The second kappa shape index (κ2) is 10.7. The van der Waals surface area contributed by atoms with Gasteiger partial charge in [0.05, 0.1) is 29.9 Å². The molecule has 35 heavy (non-hydrogen) atoms. The van der Waals surface area contributed by atoms with E-state index < -0.39 is 0 Å². The zero-order chi connectivity index (χ0) is 24.2. The lowest BCUT2D eigenvalue weighted by atomic mass is 10.0. The molecule has 0 radical (unpaired) electrons.